The van der Waals surface area contributed by atoms with Crippen molar-refractivity contribution < 1.29 is 14.3 Å². The van der Waals surface area contributed by atoms with Gasteiger partial charge in [0.1, 0.15) is 0 Å². The molecule has 1 saturated heterocycles. The van der Waals surface area contributed by atoms with Crippen LogP contribution in [0.4, 0.5) is 0 Å². The molecule has 1 aliphatic heterocycles. The van der Waals surface area contributed by atoms with E-state index in [9.17, 15) is 4.79 Å². The third-order valence-electron chi connectivity index (χ3n) is 4.83. The molecule has 0 aliphatic carbocycles. The van der Waals surface area contributed by atoms with E-state index >= 15 is 0 Å². The number of nitrogens with zero attached hydrogens (tertiary/aromatic N) is 2. The molecule has 0 atom stereocenters. The molecule has 5 nitrogen and oxygen atoms in total. The minimum atomic E-state index is 0.159. The standard InChI is InChI=1S/C22H28N2O3/c1-26-20-10-5-6-11-21(20)27-17-12-22(25)24-14-7-13-23(15-16-24)18-19-8-3-2-4-9-19/h2-6,8-11H,7,12-18H2,1H3. The summed E-state index contributed by atoms with van der Waals surface area (Å²) in [5, 5.41) is 0. The number of amides is 1. The smallest absolute Gasteiger partial charge is 0.226 e. The number of benzene rings is 2. The van der Waals surface area contributed by atoms with Crippen LogP contribution in [-0.4, -0.2) is 55.6 Å². The van der Waals surface area contributed by atoms with Crippen LogP contribution < -0.4 is 9.47 Å². The van der Waals surface area contributed by atoms with E-state index in [0.29, 0.717) is 24.5 Å². The lowest BCUT2D eigenvalue weighted by Crippen LogP contribution is -2.35. The molecule has 2 aromatic carbocycles. The van der Waals surface area contributed by atoms with E-state index in [4.69, 9.17) is 9.47 Å². The normalized spacial score (nSPS) is 15.2. The minimum absolute atomic E-state index is 0.159. The van der Waals surface area contributed by atoms with Crippen LogP contribution in [0.3, 0.4) is 0 Å². The number of hydrogen-bond donors (Lipinski definition) is 0. The average Bonchev–Trinajstić information content (AvgIpc) is 2.95. The Balaban J connectivity index is 1.44. The molecule has 5 heteroatoms. The summed E-state index contributed by atoms with van der Waals surface area (Å²) in [5.41, 5.74) is 1.32. The topological polar surface area (TPSA) is 42.0 Å². The molecule has 1 amide bonds. The van der Waals surface area contributed by atoms with E-state index in [-0.39, 0.29) is 5.91 Å². The molecule has 0 unspecified atom stereocenters. The summed E-state index contributed by atoms with van der Waals surface area (Å²) in [6.45, 7) is 4.84. The van der Waals surface area contributed by atoms with Gasteiger partial charge < -0.3 is 14.4 Å². The fraction of sp³-hybridized carbons (Fsp3) is 0.409. The predicted molar refractivity (Wildman–Crippen MR) is 106 cm³/mol. The molecule has 0 N–H and O–H groups in total. The maximum Gasteiger partial charge on any atom is 0.226 e. The molecule has 0 radical (unpaired) electrons. The first-order chi connectivity index (χ1) is 13.3. The van der Waals surface area contributed by atoms with Gasteiger partial charge in [0.15, 0.2) is 11.5 Å². The van der Waals surface area contributed by atoms with Gasteiger partial charge in [-0.3, -0.25) is 9.69 Å². The fourth-order valence-corrected chi connectivity index (χ4v) is 3.36. The molecule has 1 fully saturated rings. The van der Waals surface area contributed by atoms with Gasteiger partial charge in [0, 0.05) is 32.7 Å². The lowest BCUT2D eigenvalue weighted by atomic mass is 10.2. The van der Waals surface area contributed by atoms with Crippen LogP contribution in [0.25, 0.3) is 0 Å². The van der Waals surface area contributed by atoms with Gasteiger partial charge in [-0.15, -0.1) is 0 Å². The van der Waals surface area contributed by atoms with Crippen LogP contribution in [0, 0.1) is 0 Å². The Morgan fingerprint density at radius 3 is 2.44 bits per heavy atom. The third kappa shape index (κ3) is 5.73. The largest absolute Gasteiger partial charge is 0.493 e. The maximum absolute atomic E-state index is 12.6. The molecular weight excluding hydrogens is 340 g/mol. The Hall–Kier alpha value is -2.53. The van der Waals surface area contributed by atoms with Crippen molar-refractivity contribution in [1.29, 1.82) is 0 Å². The number of para-hydroxylation sites is 2. The van der Waals surface area contributed by atoms with Crippen LogP contribution in [0.5, 0.6) is 11.5 Å². The molecule has 1 heterocycles. The van der Waals surface area contributed by atoms with Crippen LogP contribution >= 0.6 is 0 Å². The van der Waals surface area contributed by atoms with Crippen molar-refractivity contribution in [1.82, 2.24) is 9.80 Å². The zero-order chi connectivity index (χ0) is 18.9. The highest BCUT2D eigenvalue weighted by Crippen LogP contribution is 2.25. The second-order valence-electron chi connectivity index (χ2n) is 6.75. The number of rotatable bonds is 7. The van der Waals surface area contributed by atoms with Gasteiger partial charge in [-0.2, -0.15) is 0 Å². The van der Waals surface area contributed by atoms with Gasteiger partial charge in [-0.25, -0.2) is 0 Å². The van der Waals surface area contributed by atoms with Crippen LogP contribution in [0.2, 0.25) is 0 Å². The predicted octanol–water partition coefficient (Wildman–Crippen LogP) is 3.20. The van der Waals surface area contributed by atoms with Crippen LogP contribution in [-0.2, 0) is 11.3 Å². The van der Waals surface area contributed by atoms with E-state index in [1.807, 2.05) is 35.2 Å². The SMILES string of the molecule is COc1ccccc1OCCC(=O)N1CCCN(Cc2ccccc2)CC1. The summed E-state index contributed by atoms with van der Waals surface area (Å²) in [5.74, 6) is 1.53. The van der Waals surface area contributed by atoms with Crippen molar-refractivity contribution in [3.8, 4) is 11.5 Å². The molecule has 0 spiro atoms. The Morgan fingerprint density at radius 2 is 1.67 bits per heavy atom. The summed E-state index contributed by atoms with van der Waals surface area (Å²) < 4.78 is 11.0. The van der Waals surface area contributed by atoms with Crippen molar-refractivity contribution >= 4 is 5.91 Å². The summed E-state index contributed by atoms with van der Waals surface area (Å²) in [4.78, 5) is 17.0. The second kappa shape index (κ2) is 9.97. The van der Waals surface area contributed by atoms with Crippen molar-refractivity contribution in [3.05, 3.63) is 60.2 Å². The fourth-order valence-electron chi connectivity index (χ4n) is 3.36. The summed E-state index contributed by atoms with van der Waals surface area (Å²) in [6, 6.07) is 18.0. The third-order valence-corrected chi connectivity index (χ3v) is 4.83. The average molecular weight is 368 g/mol. The summed E-state index contributed by atoms with van der Waals surface area (Å²) >= 11 is 0. The van der Waals surface area contributed by atoms with E-state index in [2.05, 4.69) is 29.2 Å². The summed E-state index contributed by atoms with van der Waals surface area (Å²) in [7, 11) is 1.62. The Kier molecular flexibility index (Phi) is 7.11. The van der Waals surface area contributed by atoms with Crippen molar-refractivity contribution in [3.63, 3.8) is 0 Å². The lowest BCUT2D eigenvalue weighted by Gasteiger charge is -2.22. The Morgan fingerprint density at radius 1 is 0.926 bits per heavy atom. The van der Waals surface area contributed by atoms with Gasteiger partial charge in [0.05, 0.1) is 20.1 Å². The number of carbonyl (C=O) groups is 1. The molecular formula is C22H28N2O3. The van der Waals surface area contributed by atoms with Crippen molar-refractivity contribution in [2.45, 2.75) is 19.4 Å². The highest BCUT2D eigenvalue weighted by molar-refractivity contribution is 5.76. The minimum Gasteiger partial charge on any atom is -0.493 e. The lowest BCUT2D eigenvalue weighted by molar-refractivity contribution is -0.131. The van der Waals surface area contributed by atoms with Crippen LogP contribution in [0.1, 0.15) is 18.4 Å². The molecule has 144 valence electrons. The van der Waals surface area contributed by atoms with Gasteiger partial charge in [-0.1, -0.05) is 42.5 Å². The Labute approximate surface area is 161 Å². The zero-order valence-electron chi connectivity index (χ0n) is 16.0. The number of ether oxygens (including phenoxy) is 2. The highest BCUT2D eigenvalue weighted by Gasteiger charge is 2.19. The monoisotopic (exact) mass is 368 g/mol. The first-order valence-electron chi connectivity index (χ1n) is 9.56. The van der Waals surface area contributed by atoms with E-state index in [0.717, 1.165) is 39.1 Å². The van der Waals surface area contributed by atoms with Gasteiger partial charge in [0.2, 0.25) is 5.91 Å². The van der Waals surface area contributed by atoms with Crippen molar-refractivity contribution in [2.24, 2.45) is 0 Å². The quantitative estimate of drug-likeness (QED) is 0.753. The molecule has 27 heavy (non-hydrogen) atoms. The summed E-state index contributed by atoms with van der Waals surface area (Å²) in [6.07, 6.45) is 1.39. The molecule has 0 saturated carbocycles. The zero-order valence-corrected chi connectivity index (χ0v) is 16.0. The van der Waals surface area contributed by atoms with E-state index in [1.165, 1.54) is 5.56 Å². The molecule has 3 rings (SSSR count). The van der Waals surface area contributed by atoms with E-state index < -0.39 is 0 Å². The van der Waals surface area contributed by atoms with E-state index in [1.54, 1.807) is 7.11 Å². The first-order valence-corrected chi connectivity index (χ1v) is 9.56. The molecule has 0 bridgehead atoms. The van der Waals surface area contributed by atoms with Gasteiger partial charge in [0.25, 0.3) is 0 Å². The van der Waals surface area contributed by atoms with Crippen molar-refractivity contribution in [2.75, 3.05) is 39.9 Å². The maximum atomic E-state index is 12.6. The number of methoxy groups -OCH3 is 1. The molecule has 0 aromatic heterocycles. The van der Waals surface area contributed by atoms with Crippen LogP contribution in [0.15, 0.2) is 54.6 Å². The Bertz CT molecular complexity index is 721. The molecule has 2 aromatic rings. The van der Waals surface area contributed by atoms with Gasteiger partial charge in [-0.05, 0) is 24.1 Å². The second-order valence-corrected chi connectivity index (χ2v) is 6.75. The first kappa shape index (κ1) is 19.2. The highest BCUT2D eigenvalue weighted by atomic mass is 16.5. The molecule has 1 aliphatic rings. The number of hydrogen-bond acceptors (Lipinski definition) is 4. The number of carbonyl (C=O) groups excluding carboxylic acids is 1. The van der Waals surface area contributed by atoms with Gasteiger partial charge >= 0.3 is 0 Å².